The molecule has 1 aliphatic heterocycles. The number of carbonyl (C=O) groups is 1. The van der Waals surface area contributed by atoms with Gasteiger partial charge in [0, 0.05) is 22.5 Å². The van der Waals surface area contributed by atoms with E-state index in [2.05, 4.69) is 27.8 Å². The molecule has 1 saturated heterocycles. The number of methoxy groups -OCH3 is 1. The molecule has 0 bridgehead atoms. The first-order chi connectivity index (χ1) is 11.5. The van der Waals surface area contributed by atoms with Crippen LogP contribution in [0.25, 0.3) is 6.08 Å². The third kappa shape index (κ3) is 3.15. The van der Waals surface area contributed by atoms with Crippen molar-refractivity contribution in [2.75, 3.05) is 13.7 Å². The van der Waals surface area contributed by atoms with Gasteiger partial charge in [0.15, 0.2) is 17.3 Å². The molecule has 0 saturated carbocycles. The highest BCUT2D eigenvalue weighted by atomic mass is 79.9. The van der Waals surface area contributed by atoms with Crippen molar-refractivity contribution in [3.8, 4) is 11.5 Å². The van der Waals surface area contributed by atoms with Crippen LogP contribution in [0.2, 0.25) is 0 Å². The van der Waals surface area contributed by atoms with Gasteiger partial charge in [-0.1, -0.05) is 34.2 Å². The third-order valence-corrected chi connectivity index (χ3v) is 5.75. The second-order valence-corrected chi connectivity index (χ2v) is 7.21. The lowest BCUT2D eigenvalue weighted by Gasteiger charge is -2.37. The highest BCUT2D eigenvalue weighted by molar-refractivity contribution is 9.10. The van der Waals surface area contributed by atoms with E-state index >= 15 is 0 Å². The molecule has 1 aromatic carbocycles. The number of benzene rings is 1. The normalized spacial score (nSPS) is 23.4. The number of aromatic hydroxyl groups is 1. The summed E-state index contributed by atoms with van der Waals surface area (Å²) in [5.41, 5.74) is 2.98. The van der Waals surface area contributed by atoms with Gasteiger partial charge in [0.2, 0.25) is 0 Å². The Morgan fingerprint density at radius 1 is 1.50 bits per heavy atom. The number of fused-ring (bicyclic) bond motifs is 1. The van der Waals surface area contributed by atoms with Gasteiger partial charge in [0.05, 0.1) is 7.11 Å². The zero-order chi connectivity index (χ0) is 17.3. The first-order valence-corrected chi connectivity index (χ1v) is 9.02. The second-order valence-electron chi connectivity index (χ2n) is 6.35. The Morgan fingerprint density at radius 3 is 3.00 bits per heavy atom. The van der Waals surface area contributed by atoms with Gasteiger partial charge >= 0.3 is 0 Å². The molecule has 2 unspecified atom stereocenters. The molecule has 2 atom stereocenters. The van der Waals surface area contributed by atoms with Gasteiger partial charge in [0.25, 0.3) is 0 Å². The number of phenolic OH excluding ortho intramolecular Hbond substituents is 1. The van der Waals surface area contributed by atoms with Crippen LogP contribution >= 0.6 is 15.9 Å². The SMILES string of the molecule is C=Cc1c(O)c(OC)cc(Br)c1CC1NCCC2=CC(=O)CCC21. The van der Waals surface area contributed by atoms with Gasteiger partial charge in [-0.15, -0.1) is 0 Å². The summed E-state index contributed by atoms with van der Waals surface area (Å²) in [6.07, 6.45) is 6.73. The number of hydrogen-bond acceptors (Lipinski definition) is 4. The topological polar surface area (TPSA) is 58.6 Å². The quantitative estimate of drug-likeness (QED) is 0.822. The van der Waals surface area contributed by atoms with Gasteiger partial charge in [-0.2, -0.15) is 0 Å². The lowest BCUT2D eigenvalue weighted by atomic mass is 9.76. The Balaban J connectivity index is 1.93. The fraction of sp³-hybridized carbons (Fsp3) is 0.421. The van der Waals surface area contributed by atoms with Crippen LogP contribution < -0.4 is 10.1 Å². The van der Waals surface area contributed by atoms with Crippen LogP contribution in [0.1, 0.15) is 30.4 Å². The maximum absolute atomic E-state index is 11.7. The number of phenols is 1. The van der Waals surface area contributed by atoms with E-state index in [1.54, 1.807) is 12.1 Å². The van der Waals surface area contributed by atoms with Gasteiger partial charge < -0.3 is 15.2 Å². The van der Waals surface area contributed by atoms with Crippen molar-refractivity contribution in [2.45, 2.75) is 31.7 Å². The van der Waals surface area contributed by atoms with E-state index in [0.29, 0.717) is 23.7 Å². The summed E-state index contributed by atoms with van der Waals surface area (Å²) in [5, 5.41) is 14.0. The minimum absolute atomic E-state index is 0.121. The van der Waals surface area contributed by atoms with E-state index in [-0.39, 0.29) is 17.6 Å². The minimum Gasteiger partial charge on any atom is -0.504 e. The van der Waals surface area contributed by atoms with E-state index in [9.17, 15) is 9.90 Å². The Kier molecular flexibility index (Phi) is 5.11. The molecule has 2 aliphatic rings. The maximum atomic E-state index is 11.7. The van der Waals surface area contributed by atoms with Gasteiger partial charge in [-0.05, 0) is 49.4 Å². The van der Waals surface area contributed by atoms with E-state index in [4.69, 9.17) is 4.74 Å². The minimum atomic E-state index is 0.121. The van der Waals surface area contributed by atoms with Gasteiger partial charge in [-0.3, -0.25) is 4.79 Å². The standard InChI is InChI=1S/C19H22BrNO3/c1-3-13-15(16(20)10-18(24-2)19(13)23)9-17-14-5-4-12(22)8-11(14)6-7-21-17/h3,8,10,14,17,21,23H,1,4-7,9H2,2H3. The zero-order valence-corrected chi connectivity index (χ0v) is 15.4. The zero-order valence-electron chi connectivity index (χ0n) is 13.8. The summed E-state index contributed by atoms with van der Waals surface area (Å²) in [6, 6.07) is 2.04. The molecule has 2 N–H and O–H groups in total. The highest BCUT2D eigenvalue weighted by Crippen LogP contribution is 2.40. The Hall–Kier alpha value is -1.59. The van der Waals surface area contributed by atoms with Crippen LogP contribution in [0.15, 0.2) is 28.8 Å². The van der Waals surface area contributed by atoms with Crippen LogP contribution in [0.5, 0.6) is 11.5 Å². The first-order valence-electron chi connectivity index (χ1n) is 8.22. The highest BCUT2D eigenvalue weighted by Gasteiger charge is 2.33. The Bertz CT molecular complexity index is 711. The number of nitrogens with one attached hydrogen (secondary N) is 1. The number of hydrogen-bond donors (Lipinski definition) is 2. The second kappa shape index (κ2) is 7.11. The van der Waals surface area contributed by atoms with Crippen LogP contribution in [0.4, 0.5) is 0 Å². The van der Waals surface area contributed by atoms with Crippen molar-refractivity contribution < 1.29 is 14.6 Å². The molecule has 4 nitrogen and oxygen atoms in total. The molecule has 0 spiro atoms. The largest absolute Gasteiger partial charge is 0.504 e. The van der Waals surface area contributed by atoms with E-state index < -0.39 is 0 Å². The lowest BCUT2D eigenvalue weighted by molar-refractivity contribution is -0.115. The summed E-state index contributed by atoms with van der Waals surface area (Å²) < 4.78 is 6.12. The number of halogens is 1. The molecule has 0 aromatic heterocycles. The first kappa shape index (κ1) is 17.2. The summed E-state index contributed by atoms with van der Waals surface area (Å²) in [7, 11) is 1.53. The van der Waals surface area contributed by atoms with Gasteiger partial charge in [-0.25, -0.2) is 0 Å². The predicted molar refractivity (Wildman–Crippen MR) is 98.4 cm³/mol. The van der Waals surface area contributed by atoms with E-state index in [1.807, 2.05) is 6.08 Å². The number of ketones is 1. The van der Waals surface area contributed by atoms with E-state index in [1.165, 1.54) is 12.7 Å². The number of allylic oxidation sites excluding steroid dienone is 1. The lowest BCUT2D eigenvalue weighted by Crippen LogP contribution is -2.45. The molecule has 3 rings (SSSR count). The maximum Gasteiger partial charge on any atom is 0.165 e. The van der Waals surface area contributed by atoms with Crippen molar-refractivity contribution >= 4 is 27.8 Å². The monoisotopic (exact) mass is 391 g/mol. The third-order valence-electron chi connectivity index (χ3n) is 5.04. The molecule has 0 amide bonds. The number of carbonyl (C=O) groups excluding carboxylic acids is 1. The Morgan fingerprint density at radius 2 is 2.29 bits per heavy atom. The van der Waals surface area contributed by atoms with Crippen molar-refractivity contribution in [3.63, 3.8) is 0 Å². The fourth-order valence-electron chi connectivity index (χ4n) is 3.82. The molecule has 1 fully saturated rings. The average Bonchev–Trinajstić information content (AvgIpc) is 2.58. The smallest absolute Gasteiger partial charge is 0.165 e. The molecular formula is C19H22BrNO3. The summed E-state index contributed by atoms with van der Waals surface area (Å²) in [5.74, 6) is 1.18. The van der Waals surface area contributed by atoms with Crippen molar-refractivity contribution in [1.82, 2.24) is 5.32 Å². The van der Waals surface area contributed by atoms with Crippen LogP contribution in [-0.2, 0) is 11.2 Å². The van der Waals surface area contributed by atoms with Crippen LogP contribution in [0.3, 0.4) is 0 Å². The average molecular weight is 392 g/mol. The number of piperidine rings is 1. The summed E-state index contributed by atoms with van der Waals surface area (Å²) in [4.78, 5) is 11.7. The number of rotatable bonds is 4. The summed E-state index contributed by atoms with van der Waals surface area (Å²) >= 11 is 3.60. The van der Waals surface area contributed by atoms with Crippen molar-refractivity contribution in [2.24, 2.45) is 5.92 Å². The molecule has 5 heteroatoms. The van der Waals surface area contributed by atoms with Crippen LogP contribution in [0, 0.1) is 5.92 Å². The molecular weight excluding hydrogens is 370 g/mol. The van der Waals surface area contributed by atoms with E-state index in [0.717, 1.165) is 35.8 Å². The fourth-order valence-corrected chi connectivity index (χ4v) is 4.41. The summed E-state index contributed by atoms with van der Waals surface area (Å²) in [6.45, 7) is 4.72. The van der Waals surface area contributed by atoms with Crippen molar-refractivity contribution in [1.29, 1.82) is 0 Å². The van der Waals surface area contributed by atoms with Crippen LogP contribution in [-0.4, -0.2) is 30.6 Å². The molecule has 1 aliphatic carbocycles. The molecule has 1 aromatic rings. The molecule has 24 heavy (non-hydrogen) atoms. The van der Waals surface area contributed by atoms with Crippen molar-refractivity contribution in [3.05, 3.63) is 39.9 Å². The Labute approximate surface area is 150 Å². The molecule has 128 valence electrons. The predicted octanol–water partition coefficient (Wildman–Crippen LogP) is 3.62. The number of ether oxygens (including phenoxy) is 1. The molecule has 0 radical (unpaired) electrons. The van der Waals surface area contributed by atoms with Gasteiger partial charge in [0.1, 0.15) is 0 Å². The molecule has 1 heterocycles.